The molecule has 1 atom stereocenters. The van der Waals surface area contributed by atoms with Gasteiger partial charge in [0, 0.05) is 31.1 Å². The van der Waals surface area contributed by atoms with Crippen LogP contribution in [0.3, 0.4) is 0 Å². The fourth-order valence-electron chi connectivity index (χ4n) is 3.16. The molecule has 0 fully saturated rings. The molecule has 5 heteroatoms. The Balaban J connectivity index is 1.50. The van der Waals surface area contributed by atoms with Gasteiger partial charge >= 0.3 is 0 Å². The molecule has 0 bridgehead atoms. The van der Waals surface area contributed by atoms with Gasteiger partial charge in [-0.2, -0.15) is 0 Å². The van der Waals surface area contributed by atoms with Gasteiger partial charge in [-0.3, -0.25) is 4.79 Å². The van der Waals surface area contributed by atoms with Crippen LogP contribution >= 0.6 is 0 Å². The second-order valence-corrected chi connectivity index (χ2v) is 5.78. The molecule has 0 spiro atoms. The third-order valence-corrected chi connectivity index (χ3v) is 4.44. The number of fused-ring (bicyclic) bond motifs is 2. The van der Waals surface area contributed by atoms with E-state index in [9.17, 15) is 4.79 Å². The molecule has 5 nitrogen and oxygen atoms in total. The Labute approximate surface area is 134 Å². The fourth-order valence-corrected chi connectivity index (χ4v) is 3.16. The molecule has 1 aromatic heterocycles. The van der Waals surface area contributed by atoms with Gasteiger partial charge in [0.15, 0.2) is 11.5 Å². The minimum atomic E-state index is 0.0302. The van der Waals surface area contributed by atoms with Crippen molar-refractivity contribution in [1.29, 1.82) is 0 Å². The van der Waals surface area contributed by atoms with Gasteiger partial charge < -0.3 is 18.9 Å². The summed E-state index contributed by atoms with van der Waals surface area (Å²) in [6.45, 7) is 3.90. The van der Waals surface area contributed by atoms with Crippen molar-refractivity contribution in [3.63, 3.8) is 0 Å². The fraction of sp³-hybridized carbons (Fsp3) is 0.278. The lowest BCUT2D eigenvalue weighted by atomic mass is 10.1. The third kappa shape index (κ3) is 2.48. The summed E-state index contributed by atoms with van der Waals surface area (Å²) in [5.74, 6) is 1.50. The van der Waals surface area contributed by atoms with E-state index in [0.29, 0.717) is 0 Å². The molecule has 2 aliphatic rings. The van der Waals surface area contributed by atoms with E-state index in [-0.39, 0.29) is 18.7 Å². The summed E-state index contributed by atoms with van der Waals surface area (Å²) in [5.41, 5.74) is 2.11. The van der Waals surface area contributed by atoms with E-state index >= 15 is 0 Å². The van der Waals surface area contributed by atoms with E-state index in [2.05, 4.69) is 23.8 Å². The first-order valence-electron chi connectivity index (χ1n) is 7.76. The molecule has 118 valence electrons. The number of hydrogen-bond acceptors (Lipinski definition) is 3. The van der Waals surface area contributed by atoms with Gasteiger partial charge in [-0.15, -0.1) is 0 Å². The summed E-state index contributed by atoms with van der Waals surface area (Å²) in [7, 11) is 0. The first-order valence-corrected chi connectivity index (χ1v) is 7.76. The van der Waals surface area contributed by atoms with E-state index in [4.69, 9.17) is 9.47 Å². The highest BCUT2D eigenvalue weighted by Crippen LogP contribution is 2.33. The van der Waals surface area contributed by atoms with Crippen LogP contribution < -0.4 is 9.47 Å². The summed E-state index contributed by atoms with van der Waals surface area (Å²) in [4.78, 5) is 14.4. The number of ether oxygens (including phenoxy) is 2. The molecule has 0 saturated heterocycles. The number of hydrogen-bond donors (Lipinski definition) is 0. The summed E-state index contributed by atoms with van der Waals surface area (Å²) in [6, 6.07) is 9.86. The van der Waals surface area contributed by atoms with E-state index in [0.717, 1.165) is 30.2 Å². The van der Waals surface area contributed by atoms with Gasteiger partial charge in [-0.05, 0) is 42.8 Å². The summed E-state index contributed by atoms with van der Waals surface area (Å²) in [6.07, 6.45) is 5.52. The molecule has 1 amide bonds. The highest BCUT2D eigenvalue weighted by molar-refractivity contribution is 5.92. The second kappa shape index (κ2) is 5.50. The maximum atomic E-state index is 12.5. The number of aromatic nitrogens is 1. The molecule has 2 aromatic rings. The third-order valence-electron chi connectivity index (χ3n) is 4.44. The largest absolute Gasteiger partial charge is 0.454 e. The Morgan fingerprint density at radius 1 is 1.22 bits per heavy atom. The molecule has 0 saturated carbocycles. The van der Waals surface area contributed by atoms with E-state index in [1.54, 1.807) is 6.08 Å². The van der Waals surface area contributed by atoms with E-state index < -0.39 is 0 Å². The van der Waals surface area contributed by atoms with Gasteiger partial charge in [0.05, 0.1) is 6.04 Å². The van der Waals surface area contributed by atoms with Crippen LogP contribution in [0, 0.1) is 0 Å². The molecule has 0 radical (unpaired) electrons. The minimum absolute atomic E-state index is 0.0302. The average Bonchev–Trinajstić information content (AvgIpc) is 3.21. The molecular formula is C18H18N2O3. The summed E-state index contributed by atoms with van der Waals surface area (Å²) < 4.78 is 12.8. The minimum Gasteiger partial charge on any atom is -0.454 e. The van der Waals surface area contributed by atoms with Gasteiger partial charge in [0.2, 0.25) is 12.7 Å². The molecule has 0 N–H and O–H groups in total. The van der Waals surface area contributed by atoms with Gasteiger partial charge in [-0.1, -0.05) is 6.07 Å². The van der Waals surface area contributed by atoms with Crippen LogP contribution in [-0.2, 0) is 11.3 Å². The molecule has 4 rings (SSSR count). The zero-order chi connectivity index (χ0) is 15.8. The highest BCUT2D eigenvalue weighted by Gasteiger charge is 2.25. The van der Waals surface area contributed by atoms with Gasteiger partial charge in [0.1, 0.15) is 0 Å². The maximum Gasteiger partial charge on any atom is 0.247 e. The SMILES string of the molecule is C[C@@H]1c2cccn2CCN1C(=O)/C=C\c1ccc2c(c1)OCO2. The van der Waals surface area contributed by atoms with Crippen LogP contribution in [0.15, 0.2) is 42.6 Å². The highest BCUT2D eigenvalue weighted by atomic mass is 16.7. The summed E-state index contributed by atoms with van der Waals surface area (Å²) >= 11 is 0. The lowest BCUT2D eigenvalue weighted by Gasteiger charge is -2.34. The molecule has 0 aliphatic carbocycles. The number of rotatable bonds is 2. The van der Waals surface area contributed by atoms with Crippen molar-refractivity contribution in [1.82, 2.24) is 9.47 Å². The topological polar surface area (TPSA) is 43.7 Å². The number of nitrogens with zero attached hydrogens (tertiary/aromatic N) is 2. The maximum absolute atomic E-state index is 12.5. The van der Waals surface area contributed by atoms with Crippen molar-refractivity contribution < 1.29 is 14.3 Å². The van der Waals surface area contributed by atoms with Crippen molar-refractivity contribution in [2.45, 2.75) is 19.5 Å². The lowest BCUT2D eigenvalue weighted by molar-refractivity contribution is -0.129. The first-order chi connectivity index (χ1) is 11.2. The van der Waals surface area contributed by atoms with Crippen LogP contribution in [0.2, 0.25) is 0 Å². The standard InChI is InChI=1S/C18H18N2O3/c1-13-15-3-2-8-19(15)9-10-20(13)18(21)7-5-14-4-6-16-17(11-14)23-12-22-16/h2-8,11,13H,9-10,12H2,1H3/b7-5-/t13-/m1/s1. The van der Waals surface area contributed by atoms with Crippen LogP contribution in [0.1, 0.15) is 24.2 Å². The summed E-state index contributed by atoms with van der Waals surface area (Å²) in [5, 5.41) is 0. The van der Waals surface area contributed by atoms with Crippen LogP contribution in [0.5, 0.6) is 11.5 Å². The smallest absolute Gasteiger partial charge is 0.247 e. The Bertz CT molecular complexity index is 778. The Morgan fingerprint density at radius 2 is 2.09 bits per heavy atom. The quantitative estimate of drug-likeness (QED) is 0.801. The number of amides is 1. The molecular weight excluding hydrogens is 292 g/mol. The van der Waals surface area contributed by atoms with Crippen molar-refractivity contribution in [3.8, 4) is 11.5 Å². The monoisotopic (exact) mass is 310 g/mol. The van der Waals surface area contributed by atoms with Crippen molar-refractivity contribution in [2.24, 2.45) is 0 Å². The molecule has 2 aliphatic heterocycles. The average molecular weight is 310 g/mol. The number of carbonyl (C=O) groups excluding carboxylic acids is 1. The zero-order valence-electron chi connectivity index (χ0n) is 12.9. The first kappa shape index (κ1) is 13.9. The predicted octanol–water partition coefficient (Wildman–Crippen LogP) is 2.83. The predicted molar refractivity (Wildman–Crippen MR) is 86.2 cm³/mol. The Morgan fingerprint density at radius 3 is 3.00 bits per heavy atom. The molecule has 0 unspecified atom stereocenters. The lowest BCUT2D eigenvalue weighted by Crippen LogP contribution is -2.39. The normalized spacial score (nSPS) is 19.2. The van der Waals surface area contributed by atoms with Gasteiger partial charge in [-0.25, -0.2) is 0 Å². The number of benzene rings is 1. The Hall–Kier alpha value is -2.69. The zero-order valence-corrected chi connectivity index (χ0v) is 12.9. The second-order valence-electron chi connectivity index (χ2n) is 5.78. The van der Waals surface area contributed by atoms with E-state index in [1.165, 1.54) is 5.69 Å². The van der Waals surface area contributed by atoms with E-state index in [1.807, 2.05) is 35.2 Å². The molecule has 23 heavy (non-hydrogen) atoms. The Kier molecular flexibility index (Phi) is 3.33. The van der Waals surface area contributed by atoms with Crippen molar-refractivity contribution in [3.05, 3.63) is 53.9 Å². The van der Waals surface area contributed by atoms with Gasteiger partial charge in [0.25, 0.3) is 0 Å². The molecule has 1 aromatic carbocycles. The van der Waals surface area contributed by atoms with Crippen molar-refractivity contribution >= 4 is 12.0 Å². The molecule has 3 heterocycles. The number of carbonyl (C=O) groups is 1. The van der Waals surface area contributed by atoms with Crippen molar-refractivity contribution in [2.75, 3.05) is 13.3 Å². The van der Waals surface area contributed by atoms with Crippen LogP contribution in [0.4, 0.5) is 0 Å². The van der Waals surface area contributed by atoms with Crippen LogP contribution in [0.25, 0.3) is 6.08 Å². The van der Waals surface area contributed by atoms with Crippen LogP contribution in [-0.4, -0.2) is 28.7 Å².